The highest BCUT2D eigenvalue weighted by Gasteiger charge is 2.46. The van der Waals surface area contributed by atoms with Gasteiger partial charge in [-0.15, -0.1) is 0 Å². The first-order chi connectivity index (χ1) is 10.6. The second kappa shape index (κ2) is 5.01. The van der Waals surface area contributed by atoms with Crippen LogP contribution in [0.1, 0.15) is 24.9 Å². The van der Waals surface area contributed by atoms with Crippen molar-refractivity contribution < 1.29 is 9.32 Å². The van der Waals surface area contributed by atoms with Crippen LogP contribution in [0, 0.1) is 0 Å². The zero-order chi connectivity index (χ0) is 15.3. The van der Waals surface area contributed by atoms with Crippen LogP contribution in [0.15, 0.2) is 36.8 Å². The SMILES string of the molecule is CCS(=O)N1CC(O)(CC2c3ccccc3-c3cncn32)C1. The lowest BCUT2D eigenvalue weighted by molar-refractivity contribution is -0.0689. The lowest BCUT2D eigenvalue weighted by Crippen LogP contribution is -2.62. The molecule has 2 unspecified atom stereocenters. The number of hydrogen-bond acceptors (Lipinski definition) is 3. The maximum absolute atomic E-state index is 11.8. The number of hydrogen-bond donors (Lipinski definition) is 1. The first kappa shape index (κ1) is 14.1. The standard InChI is InChI=1S/C16H19N3O2S/c1-2-22(21)18-9-16(20,10-18)7-14-12-5-3-4-6-13(12)15-8-17-11-19(14)15/h3-6,8,11,14,20H,2,7,9-10H2,1H3. The molecule has 0 aliphatic carbocycles. The maximum Gasteiger partial charge on any atom is 0.0956 e. The molecule has 116 valence electrons. The highest BCUT2D eigenvalue weighted by Crippen LogP contribution is 2.44. The summed E-state index contributed by atoms with van der Waals surface area (Å²) in [7, 11) is -0.963. The number of benzene rings is 1. The number of nitrogens with zero attached hydrogens (tertiary/aromatic N) is 3. The van der Waals surface area contributed by atoms with E-state index >= 15 is 0 Å². The van der Waals surface area contributed by atoms with Crippen molar-refractivity contribution in [3.05, 3.63) is 42.4 Å². The quantitative estimate of drug-likeness (QED) is 0.931. The van der Waals surface area contributed by atoms with E-state index < -0.39 is 16.6 Å². The summed E-state index contributed by atoms with van der Waals surface area (Å²) >= 11 is 0. The van der Waals surface area contributed by atoms with Crippen LogP contribution in [0.2, 0.25) is 0 Å². The summed E-state index contributed by atoms with van der Waals surface area (Å²) in [6, 6.07) is 8.40. The molecule has 0 bridgehead atoms. The fourth-order valence-corrected chi connectivity index (χ4v) is 4.70. The van der Waals surface area contributed by atoms with Crippen LogP contribution in [0.4, 0.5) is 0 Å². The third-order valence-corrected chi connectivity index (χ3v) is 5.98. The van der Waals surface area contributed by atoms with Crippen molar-refractivity contribution in [2.24, 2.45) is 0 Å². The summed E-state index contributed by atoms with van der Waals surface area (Å²) in [5, 5.41) is 10.8. The number of β-amino-alcohol motifs (C(OH)–C–C–N with tert-alkyl or cyclic N) is 1. The Morgan fingerprint density at radius 2 is 2.18 bits per heavy atom. The lowest BCUT2D eigenvalue weighted by Gasteiger charge is -2.46. The molecule has 0 radical (unpaired) electrons. The van der Waals surface area contributed by atoms with Crippen molar-refractivity contribution in [3.8, 4) is 11.3 Å². The topological polar surface area (TPSA) is 58.4 Å². The predicted octanol–water partition coefficient (Wildman–Crippen LogP) is 1.57. The Morgan fingerprint density at radius 3 is 2.95 bits per heavy atom. The first-order valence-electron chi connectivity index (χ1n) is 7.58. The molecular formula is C16H19N3O2S. The summed E-state index contributed by atoms with van der Waals surface area (Å²) in [5.74, 6) is 0.605. The van der Waals surface area contributed by atoms with Gasteiger partial charge in [0, 0.05) is 30.8 Å². The van der Waals surface area contributed by atoms with E-state index in [4.69, 9.17) is 0 Å². The third kappa shape index (κ3) is 2.06. The van der Waals surface area contributed by atoms with Crippen LogP contribution in [-0.4, -0.2) is 47.6 Å². The van der Waals surface area contributed by atoms with Gasteiger partial charge in [-0.25, -0.2) is 13.5 Å². The largest absolute Gasteiger partial charge is 0.387 e. The van der Waals surface area contributed by atoms with Gasteiger partial charge in [0.15, 0.2) is 0 Å². The van der Waals surface area contributed by atoms with Crippen molar-refractivity contribution >= 4 is 11.0 Å². The minimum absolute atomic E-state index is 0.107. The smallest absolute Gasteiger partial charge is 0.0956 e. The third-order valence-electron chi connectivity index (χ3n) is 4.65. The Labute approximate surface area is 132 Å². The van der Waals surface area contributed by atoms with Crippen LogP contribution < -0.4 is 0 Å². The van der Waals surface area contributed by atoms with Gasteiger partial charge in [-0.2, -0.15) is 0 Å². The Balaban J connectivity index is 1.59. The average Bonchev–Trinajstić information content (AvgIpc) is 3.07. The fraction of sp³-hybridized carbons (Fsp3) is 0.438. The van der Waals surface area contributed by atoms with E-state index in [1.807, 2.05) is 35.9 Å². The van der Waals surface area contributed by atoms with Crippen molar-refractivity contribution in [2.45, 2.75) is 25.0 Å². The minimum atomic E-state index is -0.963. The highest BCUT2D eigenvalue weighted by molar-refractivity contribution is 7.82. The van der Waals surface area contributed by atoms with Gasteiger partial charge in [0.1, 0.15) is 0 Å². The van der Waals surface area contributed by atoms with Crippen LogP contribution in [0.3, 0.4) is 0 Å². The van der Waals surface area contributed by atoms with Crippen molar-refractivity contribution in [2.75, 3.05) is 18.8 Å². The zero-order valence-corrected chi connectivity index (χ0v) is 13.3. The second-order valence-corrected chi connectivity index (χ2v) is 7.86. The van der Waals surface area contributed by atoms with Crippen LogP contribution >= 0.6 is 0 Å². The van der Waals surface area contributed by atoms with Gasteiger partial charge in [0.2, 0.25) is 0 Å². The molecule has 0 spiro atoms. The number of rotatable bonds is 4. The molecule has 2 aliphatic heterocycles. The van der Waals surface area contributed by atoms with Crippen LogP contribution in [0.25, 0.3) is 11.3 Å². The van der Waals surface area contributed by atoms with Crippen molar-refractivity contribution in [3.63, 3.8) is 0 Å². The average molecular weight is 317 g/mol. The van der Waals surface area contributed by atoms with E-state index in [1.54, 1.807) is 0 Å². The molecule has 2 atom stereocenters. The molecule has 3 heterocycles. The molecule has 2 aliphatic rings. The molecule has 6 heteroatoms. The molecule has 22 heavy (non-hydrogen) atoms. The Kier molecular flexibility index (Phi) is 3.21. The lowest BCUT2D eigenvalue weighted by atomic mass is 9.86. The molecular weight excluding hydrogens is 298 g/mol. The normalized spacial score (nSPS) is 23.6. The maximum atomic E-state index is 11.8. The first-order valence-corrected chi connectivity index (χ1v) is 8.86. The monoisotopic (exact) mass is 317 g/mol. The zero-order valence-electron chi connectivity index (χ0n) is 12.5. The highest BCUT2D eigenvalue weighted by atomic mass is 32.2. The van der Waals surface area contributed by atoms with E-state index in [-0.39, 0.29) is 6.04 Å². The van der Waals surface area contributed by atoms with Gasteiger partial charge in [0.25, 0.3) is 0 Å². The van der Waals surface area contributed by atoms with Crippen molar-refractivity contribution in [1.29, 1.82) is 0 Å². The molecule has 0 saturated carbocycles. The van der Waals surface area contributed by atoms with Crippen LogP contribution in [-0.2, 0) is 11.0 Å². The van der Waals surface area contributed by atoms with Crippen molar-refractivity contribution in [1.82, 2.24) is 13.9 Å². The molecule has 1 aromatic heterocycles. The Bertz CT molecular complexity index is 736. The van der Waals surface area contributed by atoms with E-state index in [0.717, 1.165) is 5.69 Å². The van der Waals surface area contributed by atoms with Gasteiger partial charge in [-0.1, -0.05) is 31.2 Å². The van der Waals surface area contributed by atoms with Gasteiger partial charge in [-0.3, -0.25) is 0 Å². The van der Waals surface area contributed by atoms with Gasteiger partial charge in [0.05, 0.1) is 40.8 Å². The molecule has 5 nitrogen and oxygen atoms in total. The van der Waals surface area contributed by atoms with E-state index in [0.29, 0.717) is 25.3 Å². The van der Waals surface area contributed by atoms with Gasteiger partial charge in [-0.05, 0) is 5.56 Å². The number of aliphatic hydroxyl groups is 1. The summed E-state index contributed by atoms with van der Waals surface area (Å²) in [4.78, 5) is 4.25. The summed E-state index contributed by atoms with van der Waals surface area (Å²) < 4.78 is 15.8. The minimum Gasteiger partial charge on any atom is -0.387 e. The molecule has 0 amide bonds. The van der Waals surface area contributed by atoms with E-state index in [1.165, 1.54) is 11.1 Å². The predicted molar refractivity (Wildman–Crippen MR) is 85.6 cm³/mol. The Hall–Kier alpha value is -1.50. The fourth-order valence-electron chi connectivity index (χ4n) is 3.57. The Morgan fingerprint density at radius 1 is 1.41 bits per heavy atom. The summed E-state index contributed by atoms with van der Waals surface area (Å²) in [5.41, 5.74) is 2.77. The summed E-state index contributed by atoms with van der Waals surface area (Å²) in [6.07, 6.45) is 4.34. The number of imidazole rings is 1. The molecule has 1 aromatic carbocycles. The molecule has 1 N–H and O–H groups in total. The number of fused-ring (bicyclic) bond motifs is 3. The molecule has 1 saturated heterocycles. The van der Waals surface area contributed by atoms with E-state index in [2.05, 4.69) is 21.7 Å². The van der Waals surface area contributed by atoms with E-state index in [9.17, 15) is 9.32 Å². The second-order valence-electron chi connectivity index (χ2n) is 6.13. The molecule has 2 aromatic rings. The van der Waals surface area contributed by atoms with Crippen LogP contribution in [0.5, 0.6) is 0 Å². The van der Waals surface area contributed by atoms with Gasteiger partial charge >= 0.3 is 0 Å². The molecule has 1 fully saturated rings. The van der Waals surface area contributed by atoms with Gasteiger partial charge < -0.3 is 9.67 Å². The summed E-state index contributed by atoms with van der Waals surface area (Å²) in [6.45, 7) is 2.87. The molecule has 4 rings (SSSR count). The number of aromatic nitrogens is 2.